The lowest BCUT2D eigenvalue weighted by Gasteiger charge is -2.18. The number of hydrogen-bond acceptors (Lipinski definition) is 3. The van der Waals surface area contributed by atoms with Gasteiger partial charge >= 0.3 is 0 Å². The molecule has 2 N–H and O–H groups in total. The Balaban J connectivity index is 1.66. The summed E-state index contributed by atoms with van der Waals surface area (Å²) >= 11 is 0. The predicted octanol–water partition coefficient (Wildman–Crippen LogP) is 0.524. The van der Waals surface area contributed by atoms with E-state index in [9.17, 15) is 5.11 Å². The van der Waals surface area contributed by atoms with Gasteiger partial charge < -0.3 is 15.2 Å². The van der Waals surface area contributed by atoms with E-state index in [0.717, 1.165) is 19.6 Å². The van der Waals surface area contributed by atoms with Crippen LogP contribution >= 0.6 is 0 Å². The summed E-state index contributed by atoms with van der Waals surface area (Å²) in [6.45, 7) is 3.69. The lowest BCUT2D eigenvalue weighted by Crippen LogP contribution is -2.40. The van der Waals surface area contributed by atoms with Gasteiger partial charge in [-0.1, -0.05) is 0 Å². The van der Waals surface area contributed by atoms with E-state index in [-0.39, 0.29) is 6.10 Å². The molecule has 13 heavy (non-hydrogen) atoms. The zero-order valence-electron chi connectivity index (χ0n) is 8.20. The highest BCUT2D eigenvalue weighted by Gasteiger charge is 2.31. The highest BCUT2D eigenvalue weighted by atomic mass is 16.5. The second-order valence-electron chi connectivity index (χ2n) is 4.28. The Morgan fingerprint density at radius 3 is 2.77 bits per heavy atom. The van der Waals surface area contributed by atoms with E-state index >= 15 is 0 Å². The van der Waals surface area contributed by atoms with E-state index in [4.69, 9.17) is 4.74 Å². The number of hydrogen-bond donors (Lipinski definition) is 2. The molecule has 1 saturated heterocycles. The third kappa shape index (κ3) is 2.42. The van der Waals surface area contributed by atoms with E-state index in [1.165, 1.54) is 12.8 Å². The van der Waals surface area contributed by atoms with E-state index in [2.05, 4.69) is 12.2 Å². The number of ether oxygens (including phenoxy) is 1. The number of nitrogens with one attached hydrogen (secondary N) is 1. The zero-order chi connectivity index (χ0) is 9.26. The summed E-state index contributed by atoms with van der Waals surface area (Å²) in [4.78, 5) is 0. The first-order valence-electron chi connectivity index (χ1n) is 5.30. The molecule has 3 unspecified atom stereocenters. The van der Waals surface area contributed by atoms with Crippen LogP contribution < -0.4 is 5.32 Å². The molecular weight excluding hydrogens is 166 g/mol. The fraction of sp³-hybridized carbons (Fsp3) is 1.00. The predicted molar refractivity (Wildman–Crippen MR) is 50.6 cm³/mol. The molecule has 0 radical (unpaired) electrons. The van der Waals surface area contributed by atoms with Crippen molar-refractivity contribution in [1.29, 1.82) is 0 Å². The average molecular weight is 185 g/mol. The summed E-state index contributed by atoms with van der Waals surface area (Å²) in [5.41, 5.74) is 0. The summed E-state index contributed by atoms with van der Waals surface area (Å²) in [6, 6.07) is 0.452. The van der Waals surface area contributed by atoms with Gasteiger partial charge in [0.1, 0.15) is 0 Å². The van der Waals surface area contributed by atoms with Crippen molar-refractivity contribution in [2.45, 2.75) is 44.4 Å². The van der Waals surface area contributed by atoms with Crippen LogP contribution in [-0.4, -0.2) is 36.5 Å². The molecule has 3 atom stereocenters. The molecule has 1 aliphatic heterocycles. The number of aliphatic hydroxyl groups excluding tert-OH is 1. The topological polar surface area (TPSA) is 41.5 Å². The first kappa shape index (κ1) is 9.44. The van der Waals surface area contributed by atoms with Crippen molar-refractivity contribution in [2.75, 3.05) is 13.2 Å². The zero-order valence-corrected chi connectivity index (χ0v) is 8.20. The summed E-state index contributed by atoms with van der Waals surface area (Å²) in [5.74, 6) is 0.574. The second kappa shape index (κ2) is 3.95. The SMILES string of the molecule is CC1OCCC1NCC(O)C1CC1. The van der Waals surface area contributed by atoms with E-state index < -0.39 is 0 Å². The third-order valence-corrected chi connectivity index (χ3v) is 3.13. The molecule has 2 rings (SSSR count). The lowest BCUT2D eigenvalue weighted by atomic mass is 10.1. The molecule has 0 aromatic carbocycles. The van der Waals surface area contributed by atoms with Gasteiger partial charge in [0, 0.05) is 19.2 Å². The smallest absolute Gasteiger partial charge is 0.0700 e. The van der Waals surface area contributed by atoms with Crippen molar-refractivity contribution >= 4 is 0 Å². The highest BCUT2D eigenvalue weighted by molar-refractivity contribution is 4.85. The van der Waals surface area contributed by atoms with Crippen molar-refractivity contribution in [3.63, 3.8) is 0 Å². The van der Waals surface area contributed by atoms with Crippen molar-refractivity contribution < 1.29 is 9.84 Å². The van der Waals surface area contributed by atoms with Crippen LogP contribution in [-0.2, 0) is 4.74 Å². The standard InChI is InChI=1S/C10H19NO2/c1-7-9(4-5-13-7)11-6-10(12)8-2-3-8/h7-12H,2-6H2,1H3. The van der Waals surface area contributed by atoms with Crippen LogP contribution in [0, 0.1) is 5.92 Å². The Morgan fingerprint density at radius 2 is 2.23 bits per heavy atom. The molecule has 3 heteroatoms. The maximum Gasteiger partial charge on any atom is 0.0700 e. The normalized spacial score (nSPS) is 36.5. The van der Waals surface area contributed by atoms with Gasteiger partial charge in [-0.3, -0.25) is 0 Å². The first-order valence-corrected chi connectivity index (χ1v) is 5.30. The molecular formula is C10H19NO2. The summed E-state index contributed by atoms with van der Waals surface area (Å²) in [6.07, 6.45) is 3.68. The van der Waals surface area contributed by atoms with Crippen molar-refractivity contribution in [3.05, 3.63) is 0 Å². The molecule has 1 aliphatic carbocycles. The van der Waals surface area contributed by atoms with Gasteiger partial charge in [0.05, 0.1) is 12.2 Å². The Morgan fingerprint density at radius 1 is 1.46 bits per heavy atom. The third-order valence-electron chi connectivity index (χ3n) is 3.13. The van der Waals surface area contributed by atoms with Crippen LogP contribution in [0.15, 0.2) is 0 Å². The molecule has 0 aromatic rings. The maximum absolute atomic E-state index is 9.63. The van der Waals surface area contributed by atoms with E-state index in [1.807, 2.05) is 0 Å². The molecule has 3 nitrogen and oxygen atoms in total. The largest absolute Gasteiger partial charge is 0.392 e. The summed E-state index contributed by atoms with van der Waals surface area (Å²) in [7, 11) is 0. The maximum atomic E-state index is 9.63. The molecule has 2 aliphatic rings. The van der Waals surface area contributed by atoms with Crippen molar-refractivity contribution in [3.8, 4) is 0 Å². The minimum absolute atomic E-state index is 0.132. The van der Waals surface area contributed by atoms with Gasteiger partial charge in [-0.2, -0.15) is 0 Å². The molecule has 1 saturated carbocycles. The van der Waals surface area contributed by atoms with Gasteiger partial charge in [0.15, 0.2) is 0 Å². The van der Waals surface area contributed by atoms with Gasteiger partial charge in [-0.05, 0) is 32.1 Å². The molecule has 0 amide bonds. The molecule has 1 heterocycles. The second-order valence-corrected chi connectivity index (χ2v) is 4.28. The lowest BCUT2D eigenvalue weighted by molar-refractivity contribution is 0.103. The van der Waals surface area contributed by atoms with E-state index in [0.29, 0.717) is 18.1 Å². The molecule has 0 aromatic heterocycles. The van der Waals surface area contributed by atoms with Gasteiger partial charge in [0.25, 0.3) is 0 Å². The summed E-state index contributed by atoms with van der Waals surface area (Å²) in [5, 5.41) is 13.0. The number of rotatable bonds is 4. The Bertz CT molecular complexity index is 170. The fourth-order valence-corrected chi connectivity index (χ4v) is 1.92. The van der Waals surface area contributed by atoms with Crippen LogP contribution in [0.2, 0.25) is 0 Å². The molecule has 76 valence electrons. The van der Waals surface area contributed by atoms with Crippen molar-refractivity contribution in [1.82, 2.24) is 5.32 Å². The Kier molecular flexibility index (Phi) is 2.86. The molecule has 2 fully saturated rings. The van der Waals surface area contributed by atoms with Crippen LogP contribution in [0.5, 0.6) is 0 Å². The number of aliphatic hydroxyl groups is 1. The van der Waals surface area contributed by atoms with Crippen LogP contribution in [0.3, 0.4) is 0 Å². The van der Waals surface area contributed by atoms with Crippen LogP contribution in [0.25, 0.3) is 0 Å². The van der Waals surface area contributed by atoms with E-state index in [1.54, 1.807) is 0 Å². The van der Waals surface area contributed by atoms with Crippen molar-refractivity contribution in [2.24, 2.45) is 5.92 Å². The van der Waals surface area contributed by atoms with Crippen LogP contribution in [0.1, 0.15) is 26.2 Å². The minimum Gasteiger partial charge on any atom is -0.392 e. The molecule has 0 spiro atoms. The molecule has 0 bridgehead atoms. The minimum atomic E-state index is -0.132. The highest BCUT2D eigenvalue weighted by Crippen LogP contribution is 2.32. The Labute approximate surface area is 79.5 Å². The first-order chi connectivity index (χ1) is 6.27. The quantitative estimate of drug-likeness (QED) is 0.671. The van der Waals surface area contributed by atoms with Crippen LogP contribution in [0.4, 0.5) is 0 Å². The van der Waals surface area contributed by atoms with Gasteiger partial charge in [0.2, 0.25) is 0 Å². The Hall–Kier alpha value is -0.120. The van der Waals surface area contributed by atoms with Gasteiger partial charge in [-0.15, -0.1) is 0 Å². The monoisotopic (exact) mass is 185 g/mol. The fourth-order valence-electron chi connectivity index (χ4n) is 1.92. The summed E-state index contributed by atoms with van der Waals surface area (Å²) < 4.78 is 5.43. The average Bonchev–Trinajstić information content (AvgIpc) is 2.88. The van der Waals surface area contributed by atoms with Gasteiger partial charge in [-0.25, -0.2) is 0 Å².